The Kier molecular flexibility index (Phi) is 5.61. The number of nitrogens with zero attached hydrogens (tertiary/aromatic N) is 1. The third kappa shape index (κ3) is 4.38. The van der Waals surface area contributed by atoms with Crippen molar-refractivity contribution in [3.05, 3.63) is 88.5 Å². The van der Waals surface area contributed by atoms with Crippen molar-refractivity contribution in [3.63, 3.8) is 0 Å². The molecule has 2 aromatic carbocycles. The van der Waals surface area contributed by atoms with Crippen LogP contribution in [0.15, 0.2) is 54.7 Å². The van der Waals surface area contributed by atoms with Gasteiger partial charge in [-0.3, -0.25) is 9.78 Å². The minimum absolute atomic E-state index is 0.0649. The third-order valence-corrected chi connectivity index (χ3v) is 4.07. The maximum absolute atomic E-state index is 13.8. The Morgan fingerprint density at radius 3 is 2.59 bits per heavy atom. The highest BCUT2D eigenvalue weighted by Crippen LogP contribution is 2.23. The molecule has 0 saturated carbocycles. The zero-order valence-electron chi connectivity index (χ0n) is 13.8. The lowest BCUT2D eigenvalue weighted by molar-refractivity contribution is 0.0946. The van der Waals surface area contributed by atoms with E-state index in [1.165, 1.54) is 18.3 Å². The molecule has 0 atom stereocenters. The van der Waals surface area contributed by atoms with Gasteiger partial charge in [0.25, 0.3) is 5.91 Å². The second-order valence-corrected chi connectivity index (χ2v) is 5.96. The molecule has 0 aliphatic rings. The SMILES string of the molecule is O=C(NCc1ccccc1Cl)c1cc(Nc2ccc(F)c(F)c2F)ccn1. The van der Waals surface area contributed by atoms with Crippen LogP contribution >= 0.6 is 11.6 Å². The number of carbonyl (C=O) groups excluding carboxylic acids is 1. The maximum Gasteiger partial charge on any atom is 0.270 e. The van der Waals surface area contributed by atoms with Crippen LogP contribution < -0.4 is 10.6 Å². The zero-order valence-corrected chi connectivity index (χ0v) is 14.5. The van der Waals surface area contributed by atoms with E-state index in [2.05, 4.69) is 15.6 Å². The third-order valence-electron chi connectivity index (χ3n) is 3.70. The highest BCUT2D eigenvalue weighted by Gasteiger charge is 2.14. The minimum Gasteiger partial charge on any atom is -0.353 e. The lowest BCUT2D eigenvalue weighted by Gasteiger charge is -2.10. The zero-order chi connectivity index (χ0) is 19.4. The van der Waals surface area contributed by atoms with E-state index in [0.29, 0.717) is 5.02 Å². The van der Waals surface area contributed by atoms with E-state index in [1.807, 2.05) is 0 Å². The summed E-state index contributed by atoms with van der Waals surface area (Å²) in [7, 11) is 0. The molecule has 138 valence electrons. The first-order valence-electron chi connectivity index (χ1n) is 7.84. The summed E-state index contributed by atoms with van der Waals surface area (Å²) in [5.74, 6) is -4.68. The molecule has 1 amide bonds. The van der Waals surface area contributed by atoms with Gasteiger partial charge in [0.05, 0.1) is 5.69 Å². The van der Waals surface area contributed by atoms with Crippen molar-refractivity contribution < 1.29 is 18.0 Å². The van der Waals surface area contributed by atoms with Crippen LogP contribution in [0.1, 0.15) is 16.1 Å². The number of pyridine rings is 1. The second kappa shape index (κ2) is 8.09. The van der Waals surface area contributed by atoms with Gasteiger partial charge in [-0.05, 0) is 35.9 Å². The molecule has 3 aromatic rings. The summed E-state index contributed by atoms with van der Waals surface area (Å²) in [6, 6.07) is 11.8. The van der Waals surface area contributed by atoms with Gasteiger partial charge in [0, 0.05) is 23.5 Å². The fraction of sp³-hybridized carbons (Fsp3) is 0.0526. The summed E-state index contributed by atoms with van der Waals surface area (Å²) in [4.78, 5) is 16.2. The Morgan fingerprint density at radius 1 is 1.04 bits per heavy atom. The van der Waals surface area contributed by atoms with Crippen molar-refractivity contribution in [2.75, 3.05) is 5.32 Å². The van der Waals surface area contributed by atoms with Gasteiger partial charge in [-0.2, -0.15) is 0 Å². The topological polar surface area (TPSA) is 54.0 Å². The Hall–Kier alpha value is -3.06. The smallest absolute Gasteiger partial charge is 0.270 e. The largest absolute Gasteiger partial charge is 0.353 e. The van der Waals surface area contributed by atoms with Crippen LogP contribution in [-0.2, 0) is 6.54 Å². The Morgan fingerprint density at radius 2 is 1.81 bits per heavy atom. The van der Waals surface area contributed by atoms with Crippen molar-refractivity contribution in [1.29, 1.82) is 0 Å². The van der Waals surface area contributed by atoms with Gasteiger partial charge < -0.3 is 10.6 Å². The first-order valence-corrected chi connectivity index (χ1v) is 8.21. The molecule has 2 N–H and O–H groups in total. The molecule has 4 nitrogen and oxygen atoms in total. The number of nitrogens with one attached hydrogen (secondary N) is 2. The van der Waals surface area contributed by atoms with E-state index in [9.17, 15) is 18.0 Å². The molecule has 0 unspecified atom stereocenters. The molecule has 1 aromatic heterocycles. The summed E-state index contributed by atoms with van der Waals surface area (Å²) in [5, 5.41) is 5.80. The van der Waals surface area contributed by atoms with Crippen LogP contribution in [0.4, 0.5) is 24.5 Å². The number of hydrogen-bond acceptors (Lipinski definition) is 3. The van der Waals surface area contributed by atoms with Gasteiger partial charge in [0.2, 0.25) is 0 Å². The van der Waals surface area contributed by atoms with E-state index in [0.717, 1.165) is 17.7 Å². The van der Waals surface area contributed by atoms with Crippen LogP contribution in [-0.4, -0.2) is 10.9 Å². The van der Waals surface area contributed by atoms with Crippen molar-refractivity contribution in [2.24, 2.45) is 0 Å². The number of halogens is 4. The van der Waals surface area contributed by atoms with Gasteiger partial charge >= 0.3 is 0 Å². The van der Waals surface area contributed by atoms with Crippen LogP contribution in [0.5, 0.6) is 0 Å². The lowest BCUT2D eigenvalue weighted by atomic mass is 10.2. The first kappa shape index (κ1) is 18.7. The van der Waals surface area contributed by atoms with E-state index >= 15 is 0 Å². The molecule has 0 spiro atoms. The van der Waals surface area contributed by atoms with Crippen molar-refractivity contribution in [1.82, 2.24) is 10.3 Å². The van der Waals surface area contributed by atoms with Crippen LogP contribution in [0.3, 0.4) is 0 Å². The molecule has 0 radical (unpaired) electrons. The summed E-state index contributed by atoms with van der Waals surface area (Å²) in [6.45, 7) is 0.204. The van der Waals surface area contributed by atoms with Crippen molar-refractivity contribution in [3.8, 4) is 0 Å². The summed E-state index contributed by atoms with van der Waals surface area (Å²) < 4.78 is 40.1. The molecule has 3 rings (SSSR count). The van der Waals surface area contributed by atoms with Gasteiger partial charge in [0.15, 0.2) is 17.5 Å². The lowest BCUT2D eigenvalue weighted by Crippen LogP contribution is -2.24. The molecular formula is C19H13ClF3N3O. The predicted octanol–water partition coefficient (Wildman–Crippen LogP) is 4.83. The van der Waals surface area contributed by atoms with Gasteiger partial charge in [0.1, 0.15) is 5.69 Å². The molecule has 1 heterocycles. The van der Waals surface area contributed by atoms with E-state index in [1.54, 1.807) is 24.3 Å². The highest BCUT2D eigenvalue weighted by molar-refractivity contribution is 6.31. The number of amides is 1. The highest BCUT2D eigenvalue weighted by atomic mass is 35.5. The number of rotatable bonds is 5. The monoisotopic (exact) mass is 391 g/mol. The van der Waals surface area contributed by atoms with Crippen molar-refractivity contribution >= 4 is 28.9 Å². The number of aromatic nitrogens is 1. The molecule has 0 aliphatic carbocycles. The standard InChI is InChI=1S/C19H13ClF3N3O/c20-13-4-2-1-3-11(13)10-25-19(27)16-9-12(7-8-24-16)26-15-6-5-14(21)17(22)18(15)23/h1-9H,10H2,(H,24,26)(H,25,27). The van der Waals surface area contributed by atoms with E-state index in [-0.39, 0.29) is 23.6 Å². The Bertz CT molecular complexity index is 998. The second-order valence-electron chi connectivity index (χ2n) is 5.55. The Balaban J connectivity index is 1.73. The summed E-state index contributed by atoms with van der Waals surface area (Å²) in [5.41, 5.74) is 0.834. The molecule has 0 bridgehead atoms. The minimum atomic E-state index is -1.58. The predicted molar refractivity (Wildman–Crippen MR) is 96.5 cm³/mol. The fourth-order valence-corrected chi connectivity index (χ4v) is 2.52. The van der Waals surface area contributed by atoms with Crippen LogP contribution in [0.25, 0.3) is 0 Å². The number of carbonyl (C=O) groups is 1. The summed E-state index contributed by atoms with van der Waals surface area (Å²) >= 11 is 6.04. The quantitative estimate of drug-likeness (QED) is 0.613. The number of hydrogen-bond donors (Lipinski definition) is 2. The first-order chi connectivity index (χ1) is 13.0. The molecule has 27 heavy (non-hydrogen) atoms. The number of anilines is 2. The van der Waals surface area contributed by atoms with Crippen molar-refractivity contribution in [2.45, 2.75) is 6.54 Å². The molecule has 8 heteroatoms. The molecule has 0 fully saturated rings. The average molecular weight is 392 g/mol. The van der Waals surface area contributed by atoms with Gasteiger partial charge in [-0.1, -0.05) is 29.8 Å². The normalized spacial score (nSPS) is 10.5. The van der Waals surface area contributed by atoms with Crippen LogP contribution in [0, 0.1) is 17.5 Å². The molecular weight excluding hydrogens is 379 g/mol. The molecule has 0 aliphatic heterocycles. The fourth-order valence-electron chi connectivity index (χ4n) is 2.32. The molecule has 0 saturated heterocycles. The Labute approximate surface area is 158 Å². The van der Waals surface area contributed by atoms with Crippen LogP contribution in [0.2, 0.25) is 5.02 Å². The maximum atomic E-state index is 13.8. The van der Waals surface area contributed by atoms with E-state index < -0.39 is 23.4 Å². The average Bonchev–Trinajstić information content (AvgIpc) is 2.68. The summed E-state index contributed by atoms with van der Waals surface area (Å²) in [6.07, 6.45) is 1.34. The van der Waals surface area contributed by atoms with Gasteiger partial charge in [-0.25, -0.2) is 13.2 Å². The van der Waals surface area contributed by atoms with Gasteiger partial charge in [-0.15, -0.1) is 0 Å². The van der Waals surface area contributed by atoms with E-state index in [4.69, 9.17) is 11.6 Å². The number of benzene rings is 2.